The Bertz CT molecular complexity index is 2080. The van der Waals surface area contributed by atoms with Gasteiger partial charge in [0, 0.05) is 12.6 Å². The number of ether oxygens (including phenoxy) is 2. The summed E-state index contributed by atoms with van der Waals surface area (Å²) in [5.41, 5.74) is -0.0438. The monoisotopic (exact) mass is 584 g/mol. The molecule has 220 valence electrons. The summed E-state index contributed by atoms with van der Waals surface area (Å²) in [6.07, 6.45) is 0. The lowest BCUT2D eigenvalue weighted by Gasteiger charge is -2.21. The van der Waals surface area contributed by atoms with Gasteiger partial charge in [0.1, 0.15) is 22.8 Å². The topological polar surface area (TPSA) is 114 Å². The van der Waals surface area contributed by atoms with E-state index in [1.165, 1.54) is 61.6 Å². The maximum absolute atomic E-state index is 15.0. The Morgan fingerprint density at radius 1 is 0.930 bits per heavy atom. The van der Waals surface area contributed by atoms with E-state index in [1.54, 1.807) is 49.4 Å². The smallest absolute Gasteiger partial charge is 0.337 e. The molecule has 0 fully saturated rings. The number of methoxy groups -OCH3 is 2. The zero-order valence-electron chi connectivity index (χ0n) is 24.2. The van der Waals surface area contributed by atoms with Crippen LogP contribution in [-0.2, 0) is 18.3 Å². The highest BCUT2D eigenvalue weighted by Crippen LogP contribution is 2.27. The molecule has 0 radical (unpaired) electrons. The molecule has 0 spiro atoms. The minimum atomic E-state index is -0.737. The number of pyridine rings is 1. The van der Waals surface area contributed by atoms with Crippen molar-refractivity contribution in [2.24, 2.45) is 7.05 Å². The van der Waals surface area contributed by atoms with Gasteiger partial charge in [0.15, 0.2) is 0 Å². The van der Waals surface area contributed by atoms with Gasteiger partial charge in [-0.3, -0.25) is 23.3 Å². The normalized spacial score (nSPS) is 11.0. The van der Waals surface area contributed by atoms with E-state index in [0.29, 0.717) is 16.9 Å². The van der Waals surface area contributed by atoms with Crippen molar-refractivity contribution in [2.45, 2.75) is 20.4 Å². The van der Waals surface area contributed by atoms with Crippen LogP contribution in [0.4, 0.5) is 15.9 Å². The Hall–Kier alpha value is -5.45. The number of aromatic nitrogens is 3. The summed E-state index contributed by atoms with van der Waals surface area (Å²) in [4.78, 5) is 54.3. The highest BCUT2D eigenvalue weighted by molar-refractivity contribution is 5.94. The van der Waals surface area contributed by atoms with Gasteiger partial charge in [-0.2, -0.15) is 0 Å². The maximum atomic E-state index is 15.0. The molecule has 43 heavy (non-hydrogen) atoms. The lowest BCUT2D eigenvalue weighted by atomic mass is 10.1. The molecule has 0 amide bonds. The average molecular weight is 585 g/mol. The van der Waals surface area contributed by atoms with Crippen molar-refractivity contribution < 1.29 is 18.7 Å². The van der Waals surface area contributed by atoms with Crippen molar-refractivity contribution in [3.63, 3.8) is 0 Å². The zero-order valence-corrected chi connectivity index (χ0v) is 24.2. The lowest BCUT2D eigenvalue weighted by molar-refractivity contribution is 0.0600. The van der Waals surface area contributed by atoms with E-state index >= 15 is 0 Å². The SMILES string of the molecule is COC(=O)c1cccc(-n2c(=O)n(Cc3ccc(OC)cc3)c(=O)c3c(Nc4ccc(C)cc4F)n(C)c(=O)c(C)c32)c1. The van der Waals surface area contributed by atoms with Crippen LogP contribution in [0.5, 0.6) is 5.75 Å². The number of carbonyl (C=O) groups is 1. The Morgan fingerprint density at radius 2 is 1.65 bits per heavy atom. The molecule has 2 heterocycles. The fourth-order valence-electron chi connectivity index (χ4n) is 5.02. The van der Waals surface area contributed by atoms with Crippen LogP contribution in [0.25, 0.3) is 16.6 Å². The van der Waals surface area contributed by atoms with Crippen LogP contribution < -0.4 is 26.9 Å². The molecule has 2 aromatic heterocycles. The van der Waals surface area contributed by atoms with Crippen LogP contribution in [0, 0.1) is 19.7 Å². The van der Waals surface area contributed by atoms with E-state index in [4.69, 9.17) is 9.47 Å². The zero-order chi connectivity index (χ0) is 31.0. The molecule has 0 atom stereocenters. The molecule has 0 bridgehead atoms. The fourth-order valence-corrected chi connectivity index (χ4v) is 5.02. The van der Waals surface area contributed by atoms with E-state index in [-0.39, 0.29) is 45.8 Å². The first-order valence-electron chi connectivity index (χ1n) is 13.3. The van der Waals surface area contributed by atoms with Crippen molar-refractivity contribution in [3.05, 3.63) is 126 Å². The second-order valence-corrected chi connectivity index (χ2v) is 10.1. The molecule has 10 nitrogen and oxygen atoms in total. The highest BCUT2D eigenvalue weighted by Gasteiger charge is 2.24. The summed E-state index contributed by atoms with van der Waals surface area (Å²) < 4.78 is 28.6. The first kappa shape index (κ1) is 29.1. The minimum absolute atomic E-state index is 0.000272. The van der Waals surface area contributed by atoms with Crippen LogP contribution in [-0.4, -0.2) is 33.9 Å². The van der Waals surface area contributed by atoms with E-state index in [2.05, 4.69) is 5.32 Å². The van der Waals surface area contributed by atoms with E-state index in [9.17, 15) is 23.6 Å². The fraction of sp³-hybridized carbons (Fsp3) is 0.188. The molecule has 5 aromatic rings. The van der Waals surface area contributed by atoms with Gasteiger partial charge < -0.3 is 14.8 Å². The third kappa shape index (κ3) is 5.21. The van der Waals surface area contributed by atoms with Gasteiger partial charge in [-0.1, -0.05) is 24.3 Å². The third-order valence-corrected chi connectivity index (χ3v) is 7.30. The van der Waals surface area contributed by atoms with Gasteiger partial charge in [0.25, 0.3) is 11.1 Å². The van der Waals surface area contributed by atoms with Crippen LogP contribution in [0.15, 0.2) is 81.1 Å². The van der Waals surface area contributed by atoms with E-state index in [0.717, 1.165) is 4.57 Å². The van der Waals surface area contributed by atoms with Crippen molar-refractivity contribution in [1.29, 1.82) is 0 Å². The molecule has 0 aliphatic carbocycles. The standard InChI is InChI=1S/C32H29FN4O6/c1-18-9-14-25(24(33)15-18)34-28-26-27(19(2)29(38)35(28)3)37(22-8-6-7-21(16-22)31(40)43-5)32(41)36(30(26)39)17-20-10-12-23(42-4)13-11-20/h6-16,34H,17H2,1-5H3. The van der Waals surface area contributed by atoms with Gasteiger partial charge in [0.05, 0.1) is 43.2 Å². The number of halogens is 1. The Labute approximate surface area is 245 Å². The molecule has 1 N–H and O–H groups in total. The lowest BCUT2D eigenvalue weighted by Crippen LogP contribution is -2.42. The van der Waals surface area contributed by atoms with Gasteiger partial charge in [0.2, 0.25) is 0 Å². The molecule has 11 heteroatoms. The molecule has 0 aliphatic rings. The van der Waals surface area contributed by atoms with Crippen molar-refractivity contribution in [1.82, 2.24) is 13.7 Å². The molecule has 0 unspecified atom stereocenters. The molecule has 0 saturated heterocycles. The number of nitrogens with zero attached hydrogens (tertiary/aromatic N) is 3. The number of anilines is 2. The summed E-state index contributed by atoms with van der Waals surface area (Å²) >= 11 is 0. The van der Waals surface area contributed by atoms with Crippen molar-refractivity contribution in [3.8, 4) is 11.4 Å². The summed E-state index contributed by atoms with van der Waals surface area (Å²) in [7, 11) is 4.23. The van der Waals surface area contributed by atoms with E-state index < -0.39 is 28.6 Å². The van der Waals surface area contributed by atoms with Gasteiger partial charge >= 0.3 is 11.7 Å². The number of rotatable bonds is 7. The van der Waals surface area contributed by atoms with Crippen LogP contribution >= 0.6 is 0 Å². The summed E-state index contributed by atoms with van der Waals surface area (Å²) in [6.45, 7) is 3.13. The van der Waals surface area contributed by atoms with Gasteiger partial charge in [-0.05, 0) is 67.4 Å². The van der Waals surface area contributed by atoms with Gasteiger partial charge in [-0.15, -0.1) is 0 Å². The average Bonchev–Trinajstić information content (AvgIpc) is 3.01. The molecular formula is C32H29FN4O6. The molecule has 0 aliphatic heterocycles. The molecular weight excluding hydrogens is 555 g/mol. The number of nitrogens with one attached hydrogen (secondary N) is 1. The Morgan fingerprint density at radius 3 is 2.30 bits per heavy atom. The molecule has 3 aromatic carbocycles. The number of hydrogen-bond acceptors (Lipinski definition) is 7. The number of hydrogen-bond donors (Lipinski definition) is 1. The third-order valence-electron chi connectivity index (χ3n) is 7.30. The number of aryl methyl sites for hydroxylation is 2. The number of fused-ring (bicyclic) bond motifs is 1. The van der Waals surface area contributed by atoms with Crippen molar-refractivity contribution in [2.75, 3.05) is 19.5 Å². The first-order valence-corrected chi connectivity index (χ1v) is 13.3. The highest BCUT2D eigenvalue weighted by atomic mass is 19.1. The van der Waals surface area contributed by atoms with Crippen LogP contribution in [0.1, 0.15) is 27.0 Å². The predicted molar refractivity (Wildman–Crippen MR) is 162 cm³/mol. The number of esters is 1. The molecule has 0 saturated carbocycles. The van der Waals surface area contributed by atoms with Crippen LogP contribution in [0.2, 0.25) is 0 Å². The predicted octanol–water partition coefficient (Wildman–Crippen LogP) is 4.19. The largest absolute Gasteiger partial charge is 0.497 e. The summed E-state index contributed by atoms with van der Waals surface area (Å²) in [5.74, 6) is -0.613. The number of benzene rings is 3. The van der Waals surface area contributed by atoms with Crippen molar-refractivity contribution >= 4 is 28.4 Å². The minimum Gasteiger partial charge on any atom is -0.497 e. The Kier molecular flexibility index (Phi) is 7.73. The Balaban J connectivity index is 1.90. The quantitative estimate of drug-likeness (QED) is 0.286. The molecule has 5 rings (SSSR count). The number of carbonyl (C=O) groups excluding carboxylic acids is 1. The first-order chi connectivity index (χ1) is 20.5. The van der Waals surface area contributed by atoms with E-state index in [1.807, 2.05) is 0 Å². The van der Waals surface area contributed by atoms with Gasteiger partial charge in [-0.25, -0.2) is 14.0 Å². The second kappa shape index (κ2) is 11.4. The summed E-state index contributed by atoms with van der Waals surface area (Å²) in [5, 5.41) is 2.91. The van der Waals surface area contributed by atoms with Crippen LogP contribution in [0.3, 0.4) is 0 Å². The second-order valence-electron chi connectivity index (χ2n) is 10.1. The maximum Gasteiger partial charge on any atom is 0.337 e. The summed E-state index contributed by atoms with van der Waals surface area (Å²) in [6, 6.07) is 17.5.